The molecule has 2 aromatic heterocycles. The quantitative estimate of drug-likeness (QED) is 0.0336. The van der Waals surface area contributed by atoms with Crippen molar-refractivity contribution in [1.29, 1.82) is 10.5 Å². The van der Waals surface area contributed by atoms with Gasteiger partial charge < -0.3 is 31.8 Å². The summed E-state index contributed by atoms with van der Waals surface area (Å²) in [5.41, 5.74) is 12.2. The zero-order valence-corrected chi connectivity index (χ0v) is 48.0. The number of nitriles is 2. The number of nitrogen functional groups attached to an aromatic ring is 1. The first-order valence-corrected chi connectivity index (χ1v) is 24.7. The van der Waals surface area contributed by atoms with E-state index in [2.05, 4.69) is 74.1 Å². The van der Waals surface area contributed by atoms with Gasteiger partial charge >= 0.3 is 103 Å². The first-order valence-electron chi connectivity index (χ1n) is 17.4. The Morgan fingerprint density at radius 2 is 1.17 bits per heavy atom. The molecule has 3 N–H and O–H groups in total. The molecule has 4 aromatic carbocycles. The Kier molecular flexibility index (Phi) is 29.1. The molecule has 63 heavy (non-hydrogen) atoms. The van der Waals surface area contributed by atoms with Crippen molar-refractivity contribution >= 4 is 115 Å². The topological polar surface area (TPSA) is 221 Å². The standard InChI is InChI=1S/C19H15BrClN4OP.C15H15N2OP.C4HBrCl2N2.CH3F.CH2O3.2K.H/c1-27(2,26)17-9-14(13-5-3-12(10-22)4-6-13)7-8-16(17)24-18-15(20)11-23-19(21)25-18;1-19(2,18)15-9-13(7-8-14(15)17)12-5-3-11(10-16)4-6-12;5-2-1-8-4(7)9-3(2)6;1-2;2-1-4-3;;;/h3-9,11H,1-2H3,(H,23,24,25);3-9H,17H2,1-2H3;1H;1H3;1,3H;;;/q;;;;;2*+1;-1/p-1/i;;;1D;;;;. The molecule has 6 aromatic rings. The van der Waals surface area contributed by atoms with Crippen molar-refractivity contribution in [2.45, 2.75) is 0 Å². The Bertz CT molecular complexity index is 2650. The zero-order valence-electron chi connectivity index (χ0n) is 36.5. The Hall–Kier alpha value is -1.46. The van der Waals surface area contributed by atoms with Crippen molar-refractivity contribution in [2.75, 3.05) is 44.9 Å². The number of aromatic nitrogens is 4. The van der Waals surface area contributed by atoms with E-state index in [-0.39, 0.29) is 121 Å². The fourth-order valence-electron chi connectivity index (χ4n) is 4.81. The summed E-state index contributed by atoms with van der Waals surface area (Å²) in [6.45, 7) is 6.68. The van der Waals surface area contributed by atoms with Gasteiger partial charge in [0.2, 0.25) is 10.6 Å². The van der Waals surface area contributed by atoms with Gasteiger partial charge in [-0.2, -0.15) is 15.5 Å². The van der Waals surface area contributed by atoms with E-state index in [4.69, 9.17) is 62.5 Å². The van der Waals surface area contributed by atoms with Crippen LogP contribution in [0.2, 0.25) is 15.7 Å². The molecule has 23 heteroatoms. The minimum atomic E-state index is -2.59. The number of nitrogens with two attached hydrogens (primary N) is 1. The van der Waals surface area contributed by atoms with E-state index in [0.29, 0.717) is 53.0 Å². The van der Waals surface area contributed by atoms with E-state index in [0.717, 1.165) is 22.3 Å². The van der Waals surface area contributed by atoms with E-state index in [1.807, 2.05) is 54.6 Å². The Morgan fingerprint density at radius 1 is 0.778 bits per heavy atom. The molecule has 0 spiro atoms. The number of nitrogens with one attached hydrogen (secondary N) is 1. The minimum Gasteiger partial charge on any atom is -1.00 e. The predicted octanol–water partition coefficient (Wildman–Crippen LogP) is 4.17. The molecule has 0 aliphatic heterocycles. The van der Waals surface area contributed by atoms with Crippen molar-refractivity contribution in [3.8, 4) is 34.4 Å². The summed E-state index contributed by atoms with van der Waals surface area (Å²) in [5, 5.41) is 31.4. The van der Waals surface area contributed by atoms with Crippen LogP contribution in [-0.4, -0.2) is 60.2 Å². The summed E-state index contributed by atoms with van der Waals surface area (Å²) < 4.78 is 41.9. The molecule has 0 amide bonds. The third-order valence-corrected chi connectivity index (χ3v) is 12.7. The number of hydrogen-bond donors (Lipinski definition) is 2. The molecule has 0 fully saturated rings. The van der Waals surface area contributed by atoms with Gasteiger partial charge in [0.15, 0.2) is 0 Å². The van der Waals surface area contributed by atoms with Crippen molar-refractivity contribution in [2.24, 2.45) is 0 Å². The van der Waals surface area contributed by atoms with Gasteiger partial charge in [-0.05, 0) is 153 Å². The number of rotatable bonds is 7. The molecule has 320 valence electrons. The molecule has 0 radical (unpaired) electrons. The van der Waals surface area contributed by atoms with E-state index in [1.165, 1.54) is 6.20 Å². The molecule has 0 saturated carbocycles. The SMILES string of the molecule is CP(C)(=O)c1cc(-c2ccc(C#N)cc2)ccc1N.CP(C)(=O)c1cc(-c2ccc(C#N)cc2)ccc1Nc1nc(Cl)ncc1Br.Clc1ncc(Br)c(Cl)n1.O=CO[O-].[2H]CF.[H-].[K+].[K+]. The fourth-order valence-corrected chi connectivity index (χ4v) is 8.04. The predicted molar refractivity (Wildman–Crippen MR) is 249 cm³/mol. The molecule has 6 rings (SSSR count). The third-order valence-electron chi connectivity index (χ3n) is 7.56. The third kappa shape index (κ3) is 20.9. The van der Waals surface area contributed by atoms with Crippen molar-refractivity contribution in [3.63, 3.8) is 0 Å². The number of anilines is 3. The van der Waals surface area contributed by atoms with E-state index < -0.39 is 21.4 Å². The average Bonchev–Trinajstić information content (AvgIpc) is 3.24. The second-order valence-electron chi connectivity index (χ2n) is 12.5. The van der Waals surface area contributed by atoms with Crippen LogP contribution >= 0.6 is 80.9 Å². The van der Waals surface area contributed by atoms with Gasteiger partial charge in [0, 0.05) is 28.7 Å². The van der Waals surface area contributed by atoms with E-state index in [1.54, 1.807) is 63.2 Å². The minimum absolute atomic E-state index is 0. The average molecular weight is 1140 g/mol. The maximum Gasteiger partial charge on any atom is 1.00 e. The summed E-state index contributed by atoms with van der Waals surface area (Å²) >= 11 is 23.3. The molecular weight excluding hydrogens is 1100 g/mol. The van der Waals surface area contributed by atoms with Gasteiger partial charge in [0.1, 0.15) is 25.3 Å². The summed E-state index contributed by atoms with van der Waals surface area (Å²) in [4.78, 5) is 26.6. The first kappa shape index (κ1) is 59.6. The molecule has 2 heterocycles. The van der Waals surface area contributed by atoms with Crippen LogP contribution in [0.15, 0.2) is 106 Å². The van der Waals surface area contributed by atoms with Crippen LogP contribution in [-0.2, 0) is 18.8 Å². The molecule has 0 atom stereocenters. The molecule has 0 unspecified atom stereocenters. The number of hydrogen-bond acceptors (Lipinski definition) is 13. The maximum atomic E-state index is 12.9. The van der Waals surface area contributed by atoms with Crippen LogP contribution in [0.5, 0.6) is 0 Å². The summed E-state index contributed by atoms with van der Waals surface area (Å²) in [5.74, 6) is 0.496. The molecule has 0 aliphatic carbocycles. The number of carbonyl (C=O) groups is 1. The normalized spacial score (nSPS) is 10.1. The van der Waals surface area contributed by atoms with Gasteiger partial charge in [-0.1, -0.05) is 48.0 Å². The van der Waals surface area contributed by atoms with Crippen molar-refractivity contribution in [3.05, 3.63) is 133 Å². The fraction of sp³-hybridized carbons (Fsp3) is 0.125. The molecule has 0 aliphatic rings. The van der Waals surface area contributed by atoms with Gasteiger partial charge in [0.05, 0.1) is 46.4 Å². The van der Waals surface area contributed by atoms with E-state index in [9.17, 15) is 13.5 Å². The summed E-state index contributed by atoms with van der Waals surface area (Å²) in [6.07, 6.45) is 3.05. The van der Waals surface area contributed by atoms with Crippen LogP contribution in [0.1, 0.15) is 13.9 Å². The van der Waals surface area contributed by atoms with Crippen molar-refractivity contribution in [1.82, 2.24) is 19.9 Å². The van der Waals surface area contributed by atoms with Crippen LogP contribution < -0.4 is 130 Å². The van der Waals surface area contributed by atoms with Gasteiger partial charge in [-0.25, -0.2) is 15.0 Å². The largest absolute Gasteiger partial charge is 1.00 e. The van der Waals surface area contributed by atoms with Crippen LogP contribution in [0.25, 0.3) is 22.3 Å². The molecular formula is C40H36Br2Cl3FK2N8O5P2. The van der Waals surface area contributed by atoms with E-state index >= 15 is 0 Å². The number of carbonyl (C=O) groups excluding carboxylic acids is 1. The Morgan fingerprint density at radius 3 is 1.57 bits per heavy atom. The second kappa shape index (κ2) is 30.8. The first-order chi connectivity index (χ1) is 29.2. The van der Waals surface area contributed by atoms with Gasteiger partial charge in [-0.15, -0.1) is 0 Å². The molecule has 0 bridgehead atoms. The van der Waals surface area contributed by atoms with Crippen LogP contribution in [0, 0.1) is 22.7 Å². The molecule has 13 nitrogen and oxygen atoms in total. The van der Waals surface area contributed by atoms with Gasteiger partial charge in [-0.3, -0.25) is 9.18 Å². The number of halogens is 6. The number of benzene rings is 4. The zero-order chi connectivity index (χ0) is 46.6. The smallest absolute Gasteiger partial charge is 1.00 e. The monoisotopic (exact) mass is 1130 g/mol. The Labute approximate surface area is 484 Å². The maximum absolute atomic E-state index is 12.9. The Balaban J connectivity index is 0. The van der Waals surface area contributed by atoms with Gasteiger partial charge in [0.25, 0.3) is 6.47 Å². The summed E-state index contributed by atoms with van der Waals surface area (Å²) in [6, 6.07) is 30.0. The van der Waals surface area contributed by atoms with Crippen molar-refractivity contribution < 1.29 is 134 Å². The molecule has 0 saturated heterocycles. The second-order valence-corrected chi connectivity index (χ2v) is 21.6. The summed E-state index contributed by atoms with van der Waals surface area (Å²) in [7, 11) is -5.98. The number of alkyl halides is 1. The van der Waals surface area contributed by atoms with Crippen LogP contribution in [0.3, 0.4) is 0 Å². The van der Waals surface area contributed by atoms with Crippen LogP contribution in [0.4, 0.5) is 21.6 Å². The number of nitrogens with zero attached hydrogens (tertiary/aromatic N) is 6.